The van der Waals surface area contributed by atoms with Gasteiger partial charge in [0.15, 0.2) is 5.78 Å². The van der Waals surface area contributed by atoms with Gasteiger partial charge in [0, 0.05) is 15.7 Å². The molecule has 0 heterocycles. The molecule has 22 heavy (non-hydrogen) atoms. The molecule has 5 heteroatoms. The van der Waals surface area contributed by atoms with Crippen LogP contribution in [0.1, 0.15) is 37.6 Å². The Morgan fingerprint density at radius 3 is 2.45 bits per heavy atom. The second-order valence-corrected chi connectivity index (χ2v) is 5.58. The number of hydrogen-bond acceptors (Lipinski definition) is 3. The highest BCUT2D eigenvalue weighted by atomic mass is 79.9. The first-order valence-electron chi connectivity index (χ1n) is 6.97. The normalized spacial score (nSPS) is 12.2. The maximum Gasteiger partial charge on any atom is 0.159 e. The minimum atomic E-state index is 0.0486. The van der Waals surface area contributed by atoms with Crippen molar-refractivity contribution in [1.29, 1.82) is 0 Å². The minimum Gasteiger partial charge on any atom is -0.358 e. The summed E-state index contributed by atoms with van der Waals surface area (Å²) in [6, 6.07) is 7.27. The van der Waals surface area contributed by atoms with E-state index in [0.717, 1.165) is 22.4 Å². The molecule has 0 unspecified atom stereocenters. The van der Waals surface area contributed by atoms with Crippen LogP contribution in [0.3, 0.4) is 0 Å². The highest BCUT2D eigenvalue weighted by Gasteiger charge is 2.03. The molecule has 0 amide bonds. The van der Waals surface area contributed by atoms with Crippen LogP contribution in [-0.4, -0.2) is 18.2 Å². The summed E-state index contributed by atoms with van der Waals surface area (Å²) in [6.45, 7) is 5.85. The van der Waals surface area contributed by atoms with Gasteiger partial charge in [-0.05, 0) is 44.5 Å². The van der Waals surface area contributed by atoms with Crippen molar-refractivity contribution in [3.05, 3.63) is 40.1 Å². The van der Waals surface area contributed by atoms with E-state index in [1.165, 1.54) is 0 Å². The lowest BCUT2D eigenvalue weighted by molar-refractivity contribution is 0.101. The summed E-state index contributed by atoms with van der Waals surface area (Å²) in [5.74, 6) is 4.01. The molecule has 0 saturated carbocycles. The maximum absolute atomic E-state index is 11.3. The van der Waals surface area contributed by atoms with Crippen molar-refractivity contribution in [2.75, 3.05) is 11.9 Å². The third-order valence-corrected chi connectivity index (χ3v) is 3.76. The number of aliphatic imine (C=N–C) groups is 1. The molecule has 0 radical (unpaired) electrons. The number of halogens is 1. The molecular formula is C17H20BrN3O. The van der Waals surface area contributed by atoms with Crippen LogP contribution >= 0.6 is 15.9 Å². The van der Waals surface area contributed by atoms with Crippen LogP contribution < -0.4 is 10.6 Å². The van der Waals surface area contributed by atoms with Crippen molar-refractivity contribution in [1.82, 2.24) is 5.32 Å². The molecule has 0 aliphatic carbocycles. The number of rotatable bonds is 6. The Morgan fingerprint density at radius 2 is 1.95 bits per heavy atom. The van der Waals surface area contributed by atoms with Crippen LogP contribution in [0.15, 0.2) is 39.6 Å². The number of anilines is 1. The fourth-order valence-electron chi connectivity index (χ4n) is 1.69. The van der Waals surface area contributed by atoms with Crippen molar-refractivity contribution in [2.24, 2.45) is 4.99 Å². The van der Waals surface area contributed by atoms with E-state index < -0.39 is 0 Å². The van der Waals surface area contributed by atoms with Crippen LogP contribution in [0.25, 0.3) is 0 Å². The number of amidine groups is 1. The number of carbonyl (C=O) groups is 1. The first-order valence-corrected chi connectivity index (χ1v) is 7.76. The van der Waals surface area contributed by atoms with Crippen LogP contribution in [0, 0.1) is 12.3 Å². The highest BCUT2D eigenvalue weighted by Crippen LogP contribution is 2.16. The van der Waals surface area contributed by atoms with Crippen molar-refractivity contribution in [3.8, 4) is 12.3 Å². The van der Waals surface area contributed by atoms with Crippen LogP contribution in [0.5, 0.6) is 0 Å². The Labute approximate surface area is 140 Å². The van der Waals surface area contributed by atoms with Crippen molar-refractivity contribution >= 4 is 33.2 Å². The molecule has 0 atom stereocenters. The van der Waals surface area contributed by atoms with Gasteiger partial charge < -0.3 is 10.6 Å². The summed E-state index contributed by atoms with van der Waals surface area (Å²) in [5.41, 5.74) is 1.56. The number of carbonyl (C=O) groups excluding carboxylic acids is 1. The second-order valence-electron chi connectivity index (χ2n) is 4.62. The molecule has 2 N–H and O–H groups in total. The molecule has 116 valence electrons. The lowest BCUT2D eigenvalue weighted by Crippen LogP contribution is -2.16. The number of ketones is 1. The number of benzene rings is 1. The van der Waals surface area contributed by atoms with Gasteiger partial charge in [0.25, 0.3) is 0 Å². The number of terminal acetylenes is 1. The second kappa shape index (κ2) is 9.06. The summed E-state index contributed by atoms with van der Waals surface area (Å²) in [4.78, 5) is 15.8. The lowest BCUT2D eigenvalue weighted by atomic mass is 10.1. The number of hydrogen-bond donors (Lipinski definition) is 2. The Balaban J connectivity index is 2.86. The summed E-state index contributed by atoms with van der Waals surface area (Å²) >= 11 is 3.49. The lowest BCUT2D eigenvalue weighted by Gasteiger charge is -2.10. The van der Waals surface area contributed by atoms with E-state index in [1.54, 1.807) is 19.1 Å². The van der Waals surface area contributed by atoms with E-state index in [2.05, 4.69) is 37.5 Å². The van der Waals surface area contributed by atoms with Gasteiger partial charge in [0.1, 0.15) is 11.7 Å². The van der Waals surface area contributed by atoms with Crippen molar-refractivity contribution in [3.63, 3.8) is 0 Å². The van der Waals surface area contributed by atoms with E-state index in [4.69, 9.17) is 6.42 Å². The first-order chi connectivity index (χ1) is 10.5. The third kappa shape index (κ3) is 5.74. The van der Waals surface area contributed by atoms with E-state index in [0.29, 0.717) is 17.9 Å². The fourth-order valence-corrected chi connectivity index (χ4v) is 1.92. The highest BCUT2D eigenvalue weighted by molar-refractivity contribution is 9.11. The Bertz CT molecular complexity index is 624. The van der Waals surface area contributed by atoms with Gasteiger partial charge >= 0.3 is 0 Å². The third-order valence-electron chi connectivity index (χ3n) is 2.82. The average molecular weight is 362 g/mol. The van der Waals surface area contributed by atoms with E-state index in [-0.39, 0.29) is 5.78 Å². The topological polar surface area (TPSA) is 53.5 Å². The van der Waals surface area contributed by atoms with Gasteiger partial charge in [0.2, 0.25) is 0 Å². The van der Waals surface area contributed by atoms with Gasteiger partial charge in [-0.3, -0.25) is 4.79 Å². The van der Waals surface area contributed by atoms with E-state index in [9.17, 15) is 4.79 Å². The van der Waals surface area contributed by atoms with Gasteiger partial charge in [-0.2, -0.15) is 0 Å². The minimum absolute atomic E-state index is 0.0486. The molecule has 0 aliphatic heterocycles. The standard InChI is InChI=1S/C17H20BrN3O/c1-5-11-19-17(16(18)6-2)21-13(4)20-15-9-7-14(8-10-15)12(3)22/h1,7-10,19H,6,11H2,2-4H3,(H,20,21)/b17-16+. The van der Waals surface area contributed by atoms with Crippen LogP contribution in [-0.2, 0) is 0 Å². The van der Waals surface area contributed by atoms with E-state index in [1.807, 2.05) is 26.0 Å². The molecule has 0 fully saturated rings. The molecule has 4 nitrogen and oxygen atoms in total. The fraction of sp³-hybridized carbons (Fsp3) is 0.294. The number of nitrogens with zero attached hydrogens (tertiary/aromatic N) is 1. The summed E-state index contributed by atoms with van der Waals surface area (Å²) in [5, 5.41) is 6.27. The summed E-state index contributed by atoms with van der Waals surface area (Å²) in [7, 11) is 0. The zero-order valence-electron chi connectivity index (χ0n) is 13.0. The molecule has 0 saturated heterocycles. The Hall–Kier alpha value is -2.06. The molecule has 0 aliphatic rings. The predicted octanol–water partition coefficient (Wildman–Crippen LogP) is 3.92. The van der Waals surface area contributed by atoms with Gasteiger partial charge in [0.05, 0.1) is 6.54 Å². The summed E-state index contributed by atoms with van der Waals surface area (Å²) < 4.78 is 0.954. The average Bonchev–Trinajstić information content (AvgIpc) is 2.51. The molecule has 0 spiro atoms. The molecular weight excluding hydrogens is 342 g/mol. The SMILES string of the molecule is C#CCNC(/N=C(\C)Nc1ccc(C(C)=O)cc1)=C(\Br)CC. The van der Waals surface area contributed by atoms with E-state index >= 15 is 0 Å². The summed E-state index contributed by atoms with van der Waals surface area (Å²) in [6.07, 6.45) is 6.09. The van der Waals surface area contributed by atoms with Crippen LogP contribution in [0.2, 0.25) is 0 Å². The number of allylic oxidation sites excluding steroid dienone is 1. The van der Waals surface area contributed by atoms with Gasteiger partial charge in [-0.15, -0.1) is 6.42 Å². The zero-order chi connectivity index (χ0) is 16.5. The predicted molar refractivity (Wildman–Crippen MR) is 96.3 cm³/mol. The first kappa shape index (κ1) is 18.0. The maximum atomic E-state index is 11.3. The van der Waals surface area contributed by atoms with Crippen molar-refractivity contribution < 1.29 is 4.79 Å². The van der Waals surface area contributed by atoms with Crippen molar-refractivity contribution in [2.45, 2.75) is 27.2 Å². The molecule has 0 aromatic heterocycles. The molecule has 0 bridgehead atoms. The number of Topliss-reactive ketones (excluding diaryl/α,β-unsaturated/α-hetero) is 1. The Kier molecular flexibility index (Phi) is 7.41. The number of nitrogens with one attached hydrogen (secondary N) is 2. The quantitative estimate of drug-likeness (QED) is 0.349. The van der Waals surface area contributed by atoms with Gasteiger partial charge in [-0.1, -0.05) is 28.8 Å². The molecule has 1 aromatic rings. The molecule has 1 rings (SSSR count). The smallest absolute Gasteiger partial charge is 0.159 e. The zero-order valence-corrected chi connectivity index (χ0v) is 14.6. The van der Waals surface area contributed by atoms with Gasteiger partial charge in [-0.25, -0.2) is 4.99 Å². The monoisotopic (exact) mass is 361 g/mol. The van der Waals surface area contributed by atoms with Crippen LogP contribution in [0.4, 0.5) is 5.69 Å². The molecule has 1 aromatic carbocycles. The Morgan fingerprint density at radius 1 is 1.32 bits per heavy atom. The largest absolute Gasteiger partial charge is 0.358 e.